The van der Waals surface area contributed by atoms with E-state index in [0.717, 1.165) is 6.08 Å². The second-order valence-electron chi connectivity index (χ2n) is 2.69. The molecule has 0 aromatic heterocycles. The van der Waals surface area contributed by atoms with Crippen LogP contribution in [-0.2, 0) is 4.79 Å². The van der Waals surface area contributed by atoms with Crippen molar-refractivity contribution in [3.8, 4) is 0 Å². The van der Waals surface area contributed by atoms with Crippen LogP contribution >= 0.6 is 0 Å². The molecular weight excluding hydrogens is 202 g/mol. The lowest BCUT2D eigenvalue weighted by Gasteiger charge is -1.95. The Kier molecular flexibility index (Phi) is 3.02. The second-order valence-corrected chi connectivity index (χ2v) is 2.69. The van der Waals surface area contributed by atoms with Gasteiger partial charge in [0.2, 0.25) is 5.76 Å². The number of nitro groups is 1. The van der Waals surface area contributed by atoms with E-state index >= 15 is 0 Å². The van der Waals surface area contributed by atoms with Gasteiger partial charge in [-0.05, 0) is 11.6 Å². The quantitative estimate of drug-likeness (QED) is 0.340. The molecule has 0 aliphatic heterocycles. The molecule has 0 bridgehead atoms. The number of rotatable bonds is 3. The van der Waals surface area contributed by atoms with Gasteiger partial charge in [-0.25, -0.2) is 4.79 Å². The maximum Gasteiger partial charge on any atom is 0.370 e. The molecule has 0 aliphatic carbocycles. The Morgan fingerprint density at radius 2 is 2.07 bits per heavy atom. The third-order valence-electron chi connectivity index (χ3n) is 1.60. The number of carboxylic acids is 1. The number of aliphatic hydroxyl groups excluding tert-OH is 1. The number of nitrogens with zero attached hydrogens (tertiary/aromatic N) is 1. The highest BCUT2D eigenvalue weighted by Gasteiger charge is 2.07. The Labute approximate surface area is 84.2 Å². The maximum atomic E-state index is 10.4. The van der Waals surface area contributed by atoms with Gasteiger partial charge < -0.3 is 10.2 Å². The summed E-state index contributed by atoms with van der Waals surface area (Å²) < 4.78 is 0. The highest BCUT2D eigenvalue weighted by Crippen LogP contribution is 2.15. The van der Waals surface area contributed by atoms with Gasteiger partial charge in [0, 0.05) is 12.1 Å². The van der Waals surface area contributed by atoms with Crippen molar-refractivity contribution >= 4 is 17.7 Å². The molecule has 2 N–H and O–H groups in total. The minimum atomic E-state index is -1.48. The second kappa shape index (κ2) is 4.23. The average molecular weight is 209 g/mol. The van der Waals surface area contributed by atoms with E-state index in [0.29, 0.717) is 0 Å². The van der Waals surface area contributed by atoms with Gasteiger partial charge in [0.15, 0.2) is 0 Å². The van der Waals surface area contributed by atoms with E-state index in [1.165, 1.54) is 24.3 Å². The molecule has 0 saturated heterocycles. The van der Waals surface area contributed by atoms with Gasteiger partial charge in [0.05, 0.1) is 4.92 Å². The number of aliphatic carboxylic acids is 1. The summed E-state index contributed by atoms with van der Waals surface area (Å²) in [7, 11) is 0. The number of benzene rings is 1. The van der Waals surface area contributed by atoms with Crippen LogP contribution in [0, 0.1) is 10.1 Å². The van der Waals surface area contributed by atoms with Crippen molar-refractivity contribution < 1.29 is 19.9 Å². The van der Waals surface area contributed by atoms with Crippen LogP contribution in [0.4, 0.5) is 5.69 Å². The zero-order valence-corrected chi connectivity index (χ0v) is 7.45. The molecule has 0 fully saturated rings. The smallest absolute Gasteiger partial charge is 0.370 e. The fourth-order valence-corrected chi connectivity index (χ4v) is 0.948. The van der Waals surface area contributed by atoms with Crippen molar-refractivity contribution in [2.24, 2.45) is 0 Å². The summed E-state index contributed by atoms with van der Waals surface area (Å²) in [6, 6.07) is 5.29. The summed E-state index contributed by atoms with van der Waals surface area (Å²) in [5.41, 5.74) is 0.0889. The van der Waals surface area contributed by atoms with Crippen LogP contribution < -0.4 is 0 Å². The third-order valence-corrected chi connectivity index (χ3v) is 1.60. The highest BCUT2D eigenvalue weighted by atomic mass is 16.6. The first-order valence-electron chi connectivity index (χ1n) is 3.89. The molecule has 1 aromatic rings. The van der Waals surface area contributed by atoms with Crippen molar-refractivity contribution in [3.63, 3.8) is 0 Å². The van der Waals surface area contributed by atoms with E-state index in [2.05, 4.69) is 0 Å². The van der Waals surface area contributed by atoms with Crippen LogP contribution in [0.15, 0.2) is 30.0 Å². The minimum Gasteiger partial charge on any atom is -0.502 e. The summed E-state index contributed by atoms with van der Waals surface area (Å²) in [5.74, 6) is -2.35. The number of aliphatic hydroxyl groups is 1. The molecule has 78 valence electrons. The van der Waals surface area contributed by atoms with Crippen LogP contribution in [0.2, 0.25) is 0 Å². The van der Waals surface area contributed by atoms with Crippen LogP contribution in [-0.4, -0.2) is 21.1 Å². The fraction of sp³-hybridized carbons (Fsp3) is 0. The predicted molar refractivity (Wildman–Crippen MR) is 51.3 cm³/mol. The molecule has 0 aliphatic rings. The Morgan fingerprint density at radius 1 is 1.40 bits per heavy atom. The van der Waals surface area contributed by atoms with E-state index in [4.69, 9.17) is 10.2 Å². The van der Waals surface area contributed by atoms with E-state index in [1.54, 1.807) is 0 Å². The molecule has 6 nitrogen and oxygen atoms in total. The normalized spacial score (nSPS) is 11.1. The molecule has 6 heteroatoms. The molecule has 0 spiro atoms. The van der Waals surface area contributed by atoms with Crippen molar-refractivity contribution in [2.45, 2.75) is 0 Å². The van der Waals surface area contributed by atoms with Crippen LogP contribution in [0.25, 0.3) is 6.08 Å². The topological polar surface area (TPSA) is 101 Å². The third kappa shape index (κ3) is 2.80. The Balaban J connectivity index is 3.06. The van der Waals surface area contributed by atoms with Crippen molar-refractivity contribution in [1.82, 2.24) is 0 Å². The first-order chi connectivity index (χ1) is 7.00. The lowest BCUT2D eigenvalue weighted by molar-refractivity contribution is -0.384. The van der Waals surface area contributed by atoms with Gasteiger partial charge in [0.25, 0.3) is 5.69 Å². The monoisotopic (exact) mass is 209 g/mol. The molecule has 0 radical (unpaired) electrons. The van der Waals surface area contributed by atoms with E-state index in [1.807, 2.05) is 0 Å². The Morgan fingerprint density at radius 3 is 2.60 bits per heavy atom. The van der Waals surface area contributed by atoms with E-state index in [-0.39, 0.29) is 11.3 Å². The molecular formula is C9H7NO5. The number of carboxylic acid groups (broad SMARTS) is 1. The van der Waals surface area contributed by atoms with Crippen LogP contribution in [0.1, 0.15) is 5.56 Å². The fourth-order valence-electron chi connectivity index (χ4n) is 0.948. The molecule has 0 heterocycles. The number of hydrogen-bond donors (Lipinski definition) is 2. The van der Waals surface area contributed by atoms with Gasteiger partial charge in [0.1, 0.15) is 0 Å². The first-order valence-corrected chi connectivity index (χ1v) is 3.89. The summed E-state index contributed by atoms with van der Waals surface area (Å²) >= 11 is 0. The lowest BCUT2D eigenvalue weighted by atomic mass is 10.2. The molecule has 1 aromatic carbocycles. The van der Waals surface area contributed by atoms with Crippen molar-refractivity contribution in [2.75, 3.05) is 0 Å². The zero-order chi connectivity index (χ0) is 11.4. The number of nitro benzene ring substituents is 1. The molecule has 0 saturated carbocycles. The van der Waals surface area contributed by atoms with Crippen LogP contribution in [0.5, 0.6) is 0 Å². The van der Waals surface area contributed by atoms with Gasteiger partial charge in [-0.1, -0.05) is 12.1 Å². The highest BCUT2D eigenvalue weighted by molar-refractivity contribution is 5.89. The summed E-state index contributed by atoms with van der Waals surface area (Å²) in [5, 5.41) is 27.6. The molecule has 1 rings (SSSR count). The number of non-ortho nitro benzene ring substituents is 1. The molecule has 0 amide bonds. The molecule has 0 unspecified atom stereocenters. The van der Waals surface area contributed by atoms with Gasteiger partial charge in [-0.2, -0.15) is 0 Å². The SMILES string of the molecule is O=C(O)C(O)=Cc1cccc([N+](=O)[O-])c1. The van der Waals surface area contributed by atoms with Gasteiger partial charge in [-0.15, -0.1) is 0 Å². The van der Waals surface area contributed by atoms with Gasteiger partial charge >= 0.3 is 5.97 Å². The van der Waals surface area contributed by atoms with Gasteiger partial charge in [-0.3, -0.25) is 10.1 Å². The van der Waals surface area contributed by atoms with E-state index in [9.17, 15) is 14.9 Å². The summed E-state index contributed by atoms with van der Waals surface area (Å²) in [6.45, 7) is 0. The van der Waals surface area contributed by atoms with Crippen LogP contribution in [0.3, 0.4) is 0 Å². The zero-order valence-electron chi connectivity index (χ0n) is 7.45. The van der Waals surface area contributed by atoms with E-state index < -0.39 is 16.7 Å². The first kappa shape index (κ1) is 10.7. The largest absolute Gasteiger partial charge is 0.502 e. The van der Waals surface area contributed by atoms with Crippen molar-refractivity contribution in [1.29, 1.82) is 0 Å². The maximum absolute atomic E-state index is 10.4. The van der Waals surface area contributed by atoms with Crippen molar-refractivity contribution in [3.05, 3.63) is 45.7 Å². The Hall–Kier alpha value is -2.37. The average Bonchev–Trinajstić information content (AvgIpc) is 2.18. The molecule has 0 atom stereocenters. The number of carbonyl (C=O) groups is 1. The lowest BCUT2D eigenvalue weighted by Crippen LogP contribution is -1.98. The summed E-state index contributed by atoms with van der Waals surface area (Å²) in [6.07, 6.45) is 0.940. The number of hydrogen-bond acceptors (Lipinski definition) is 4. The predicted octanol–water partition coefficient (Wildman–Crippen LogP) is 1.58. The Bertz CT molecular complexity index is 438. The molecule has 15 heavy (non-hydrogen) atoms. The standard InChI is InChI=1S/C9H7NO5/c11-8(9(12)13)5-6-2-1-3-7(4-6)10(14)15/h1-5,11H,(H,12,13). The summed E-state index contributed by atoms with van der Waals surface area (Å²) in [4.78, 5) is 20.0. The minimum absolute atomic E-state index is 0.165.